The van der Waals surface area contributed by atoms with Crippen molar-refractivity contribution in [3.8, 4) is 0 Å². The van der Waals surface area contributed by atoms with Crippen molar-refractivity contribution < 1.29 is 0 Å². The first kappa shape index (κ1) is 15.2. The molecule has 0 saturated heterocycles. The summed E-state index contributed by atoms with van der Waals surface area (Å²) in [5.41, 5.74) is 2.83. The summed E-state index contributed by atoms with van der Waals surface area (Å²) >= 11 is 0. The van der Waals surface area contributed by atoms with Gasteiger partial charge in [0.15, 0.2) is 0 Å². The van der Waals surface area contributed by atoms with E-state index in [2.05, 4.69) is 60.4 Å². The maximum Gasteiger partial charge on any atom is 0.140 e. The van der Waals surface area contributed by atoms with Crippen LogP contribution in [-0.4, -0.2) is 14.8 Å². The monoisotopic (exact) mass is 298 g/mol. The minimum atomic E-state index is 0.317. The van der Waals surface area contributed by atoms with Crippen molar-refractivity contribution in [2.75, 3.05) is 0 Å². The van der Waals surface area contributed by atoms with Crippen LogP contribution in [0.25, 0.3) is 0 Å². The number of hydrogen-bond acceptors (Lipinski definition) is 3. The van der Waals surface area contributed by atoms with Gasteiger partial charge in [-0.1, -0.05) is 38.1 Å². The van der Waals surface area contributed by atoms with E-state index in [4.69, 9.17) is 0 Å². The highest BCUT2D eigenvalue weighted by molar-refractivity contribution is 5.29. The molecule has 22 heavy (non-hydrogen) atoms. The fourth-order valence-corrected chi connectivity index (χ4v) is 2.76. The highest BCUT2D eigenvalue weighted by atomic mass is 15.3. The SMILES string of the molecule is CC(C)Cn1ncnc1CNC(C)c1ccc(C2CC2)cc1. The third kappa shape index (κ3) is 3.74. The van der Waals surface area contributed by atoms with Gasteiger partial charge in [0.25, 0.3) is 0 Å². The summed E-state index contributed by atoms with van der Waals surface area (Å²) in [5, 5.41) is 7.87. The second-order valence-corrected chi connectivity index (χ2v) is 6.80. The number of nitrogens with one attached hydrogen (secondary N) is 1. The molecule has 1 saturated carbocycles. The lowest BCUT2D eigenvalue weighted by atomic mass is 10.0. The molecular formula is C18H26N4. The van der Waals surface area contributed by atoms with E-state index in [1.54, 1.807) is 6.33 Å². The van der Waals surface area contributed by atoms with Gasteiger partial charge in [0.2, 0.25) is 0 Å². The third-order valence-electron chi connectivity index (χ3n) is 4.29. The maximum atomic E-state index is 4.37. The molecular weight excluding hydrogens is 272 g/mol. The van der Waals surface area contributed by atoms with Crippen LogP contribution in [0.2, 0.25) is 0 Å². The number of nitrogens with zero attached hydrogens (tertiary/aromatic N) is 3. The van der Waals surface area contributed by atoms with Crippen molar-refractivity contribution >= 4 is 0 Å². The average Bonchev–Trinajstić information content (AvgIpc) is 3.26. The molecule has 2 aromatic rings. The molecule has 1 fully saturated rings. The molecule has 1 unspecified atom stereocenters. The minimum absolute atomic E-state index is 0.317. The Morgan fingerprint density at radius 3 is 2.55 bits per heavy atom. The van der Waals surface area contributed by atoms with Crippen LogP contribution in [-0.2, 0) is 13.1 Å². The van der Waals surface area contributed by atoms with E-state index >= 15 is 0 Å². The fraction of sp³-hybridized carbons (Fsp3) is 0.556. The molecule has 0 amide bonds. The minimum Gasteiger partial charge on any atom is -0.303 e. The van der Waals surface area contributed by atoms with Gasteiger partial charge in [-0.25, -0.2) is 9.67 Å². The second-order valence-electron chi connectivity index (χ2n) is 6.80. The van der Waals surface area contributed by atoms with Crippen LogP contribution in [0.3, 0.4) is 0 Å². The molecule has 118 valence electrons. The van der Waals surface area contributed by atoms with Gasteiger partial charge in [0.1, 0.15) is 12.2 Å². The Balaban J connectivity index is 1.57. The normalized spacial score (nSPS) is 16.2. The molecule has 1 aliphatic carbocycles. The van der Waals surface area contributed by atoms with Crippen LogP contribution in [0.4, 0.5) is 0 Å². The van der Waals surface area contributed by atoms with Crippen LogP contribution in [0.15, 0.2) is 30.6 Å². The van der Waals surface area contributed by atoms with E-state index in [1.165, 1.54) is 24.0 Å². The van der Waals surface area contributed by atoms with Gasteiger partial charge in [-0.05, 0) is 42.7 Å². The fourth-order valence-electron chi connectivity index (χ4n) is 2.76. The first-order valence-corrected chi connectivity index (χ1v) is 8.33. The van der Waals surface area contributed by atoms with Crippen LogP contribution >= 0.6 is 0 Å². The smallest absolute Gasteiger partial charge is 0.140 e. The average molecular weight is 298 g/mol. The summed E-state index contributed by atoms with van der Waals surface area (Å²) in [7, 11) is 0. The lowest BCUT2D eigenvalue weighted by molar-refractivity contribution is 0.449. The third-order valence-corrected chi connectivity index (χ3v) is 4.29. The van der Waals surface area contributed by atoms with Crippen molar-refractivity contribution in [1.82, 2.24) is 20.1 Å². The largest absolute Gasteiger partial charge is 0.303 e. The standard InChI is InChI=1S/C18H26N4/c1-13(2)11-22-18(20-12-21-22)10-19-14(3)15-4-6-16(7-5-15)17-8-9-17/h4-7,12-14,17,19H,8-11H2,1-3H3. The molecule has 4 nitrogen and oxygen atoms in total. The Bertz CT molecular complexity index is 596. The van der Waals surface area contributed by atoms with E-state index in [0.717, 1.165) is 24.8 Å². The Hall–Kier alpha value is -1.68. The summed E-state index contributed by atoms with van der Waals surface area (Å²) in [6.07, 6.45) is 4.37. The highest BCUT2D eigenvalue weighted by Gasteiger charge is 2.23. The Kier molecular flexibility index (Phi) is 4.57. The molecule has 1 aromatic heterocycles. The molecule has 1 N–H and O–H groups in total. The molecule has 1 aliphatic rings. The lowest BCUT2D eigenvalue weighted by Crippen LogP contribution is -2.22. The predicted molar refractivity (Wildman–Crippen MR) is 88.5 cm³/mol. The second kappa shape index (κ2) is 6.61. The first-order valence-electron chi connectivity index (χ1n) is 8.33. The summed E-state index contributed by atoms with van der Waals surface area (Å²) < 4.78 is 2.00. The number of aromatic nitrogens is 3. The topological polar surface area (TPSA) is 42.7 Å². The predicted octanol–water partition coefficient (Wildman–Crippen LogP) is 3.66. The summed E-state index contributed by atoms with van der Waals surface area (Å²) in [6.45, 7) is 8.26. The van der Waals surface area contributed by atoms with Gasteiger partial charge >= 0.3 is 0 Å². The van der Waals surface area contributed by atoms with Gasteiger partial charge in [-0.2, -0.15) is 5.10 Å². The van der Waals surface area contributed by atoms with Gasteiger partial charge < -0.3 is 5.32 Å². The van der Waals surface area contributed by atoms with E-state index < -0.39 is 0 Å². The maximum absolute atomic E-state index is 4.37. The Morgan fingerprint density at radius 2 is 1.91 bits per heavy atom. The van der Waals surface area contributed by atoms with Gasteiger partial charge in [0, 0.05) is 12.6 Å². The van der Waals surface area contributed by atoms with E-state index in [1.807, 2.05) is 4.68 Å². The zero-order valence-electron chi connectivity index (χ0n) is 13.8. The van der Waals surface area contributed by atoms with Crippen molar-refractivity contribution in [3.05, 3.63) is 47.5 Å². The summed E-state index contributed by atoms with van der Waals surface area (Å²) in [6, 6.07) is 9.39. The van der Waals surface area contributed by atoms with Crippen LogP contribution in [0, 0.1) is 5.92 Å². The number of benzene rings is 1. The quantitative estimate of drug-likeness (QED) is 0.848. The molecule has 3 rings (SSSR count). The van der Waals surface area contributed by atoms with Crippen molar-refractivity contribution in [3.63, 3.8) is 0 Å². The molecule has 1 atom stereocenters. The molecule has 0 spiro atoms. The molecule has 0 radical (unpaired) electrons. The van der Waals surface area contributed by atoms with E-state index in [9.17, 15) is 0 Å². The summed E-state index contributed by atoms with van der Waals surface area (Å²) in [4.78, 5) is 4.37. The van der Waals surface area contributed by atoms with Crippen LogP contribution in [0.5, 0.6) is 0 Å². The van der Waals surface area contributed by atoms with E-state index in [0.29, 0.717) is 12.0 Å². The number of rotatable bonds is 7. The van der Waals surface area contributed by atoms with Crippen molar-refractivity contribution in [2.24, 2.45) is 5.92 Å². The van der Waals surface area contributed by atoms with Crippen molar-refractivity contribution in [2.45, 2.75) is 58.7 Å². The molecule has 4 heteroatoms. The molecule has 0 bridgehead atoms. The Labute approximate surface area is 133 Å². The molecule has 1 aromatic carbocycles. The number of hydrogen-bond donors (Lipinski definition) is 1. The lowest BCUT2D eigenvalue weighted by Gasteiger charge is -2.15. The first-order chi connectivity index (χ1) is 10.6. The molecule has 0 aliphatic heterocycles. The van der Waals surface area contributed by atoms with Crippen molar-refractivity contribution in [1.29, 1.82) is 0 Å². The van der Waals surface area contributed by atoms with Gasteiger partial charge in [0.05, 0.1) is 6.54 Å². The van der Waals surface area contributed by atoms with E-state index in [-0.39, 0.29) is 0 Å². The van der Waals surface area contributed by atoms with Crippen LogP contribution < -0.4 is 5.32 Å². The van der Waals surface area contributed by atoms with Gasteiger partial charge in [-0.3, -0.25) is 0 Å². The zero-order valence-corrected chi connectivity index (χ0v) is 13.8. The molecule has 1 heterocycles. The van der Waals surface area contributed by atoms with Crippen LogP contribution in [0.1, 0.15) is 62.5 Å². The zero-order chi connectivity index (χ0) is 15.5. The highest BCUT2D eigenvalue weighted by Crippen LogP contribution is 2.40. The Morgan fingerprint density at radius 1 is 1.18 bits per heavy atom. The van der Waals surface area contributed by atoms with Gasteiger partial charge in [-0.15, -0.1) is 0 Å². The summed E-state index contributed by atoms with van der Waals surface area (Å²) in [5.74, 6) is 2.41.